The minimum absolute atomic E-state index is 0.258. The van der Waals surface area contributed by atoms with Gasteiger partial charge in [-0.3, -0.25) is 0 Å². The number of hydrogen-bond acceptors (Lipinski definition) is 3. The first-order valence-electron chi connectivity index (χ1n) is 6.68. The molecular formula is C15H25N3. The van der Waals surface area contributed by atoms with Crippen LogP contribution in [-0.4, -0.2) is 51.7 Å². The van der Waals surface area contributed by atoms with Gasteiger partial charge in [-0.05, 0) is 51.2 Å². The Morgan fingerprint density at radius 1 is 1.28 bits per heavy atom. The molecular weight excluding hydrogens is 222 g/mol. The maximum Gasteiger partial charge on any atom is 0.0361 e. The predicted octanol–water partition coefficient (Wildman–Crippen LogP) is 1.59. The summed E-state index contributed by atoms with van der Waals surface area (Å²) in [6, 6.07) is 8.92. The number of likely N-dealkylation sites (N-methyl/N-ethyl adjacent to an activating group) is 2. The second-order valence-corrected chi connectivity index (χ2v) is 5.76. The fraction of sp³-hybridized carbons (Fsp3) is 0.600. The van der Waals surface area contributed by atoms with Crippen molar-refractivity contribution in [2.24, 2.45) is 0 Å². The fourth-order valence-corrected chi connectivity index (χ4v) is 2.82. The summed E-state index contributed by atoms with van der Waals surface area (Å²) >= 11 is 0. The van der Waals surface area contributed by atoms with E-state index in [1.807, 2.05) is 0 Å². The Kier molecular flexibility index (Phi) is 3.93. The van der Waals surface area contributed by atoms with E-state index < -0.39 is 0 Å². The molecule has 0 aliphatic carbocycles. The van der Waals surface area contributed by atoms with E-state index in [9.17, 15) is 0 Å². The van der Waals surface area contributed by atoms with Crippen LogP contribution in [0.2, 0.25) is 0 Å². The predicted molar refractivity (Wildman–Crippen MR) is 78.4 cm³/mol. The standard InChI is InChI=1S/C15H25N3/c1-16-15(9-10-18(4)12-15)11-13-5-7-14(8-6-13)17(2)3/h5-8,16H,9-12H2,1-4H3. The maximum atomic E-state index is 3.54. The number of hydrogen-bond donors (Lipinski definition) is 1. The molecule has 0 radical (unpaired) electrons. The van der Waals surface area contributed by atoms with E-state index in [1.165, 1.54) is 24.2 Å². The smallest absolute Gasteiger partial charge is 0.0361 e. The van der Waals surface area contributed by atoms with Crippen molar-refractivity contribution in [3.8, 4) is 0 Å². The second kappa shape index (κ2) is 5.29. The highest BCUT2D eigenvalue weighted by molar-refractivity contribution is 5.46. The number of benzene rings is 1. The van der Waals surface area contributed by atoms with Crippen molar-refractivity contribution in [3.63, 3.8) is 0 Å². The van der Waals surface area contributed by atoms with Gasteiger partial charge in [-0.25, -0.2) is 0 Å². The zero-order valence-corrected chi connectivity index (χ0v) is 12.0. The van der Waals surface area contributed by atoms with Crippen LogP contribution in [0.4, 0.5) is 5.69 Å². The molecule has 1 saturated heterocycles. The molecule has 18 heavy (non-hydrogen) atoms. The van der Waals surface area contributed by atoms with Crippen molar-refractivity contribution in [3.05, 3.63) is 29.8 Å². The average molecular weight is 247 g/mol. The summed E-state index contributed by atoms with van der Waals surface area (Å²) in [5.74, 6) is 0. The first kappa shape index (κ1) is 13.4. The van der Waals surface area contributed by atoms with E-state index in [1.54, 1.807) is 0 Å². The Morgan fingerprint density at radius 2 is 1.94 bits per heavy atom. The van der Waals surface area contributed by atoms with Crippen molar-refractivity contribution < 1.29 is 0 Å². The van der Waals surface area contributed by atoms with Gasteiger partial charge in [-0.2, -0.15) is 0 Å². The number of anilines is 1. The summed E-state index contributed by atoms with van der Waals surface area (Å²) in [5.41, 5.74) is 2.94. The average Bonchev–Trinajstić information content (AvgIpc) is 2.72. The molecule has 0 saturated carbocycles. The summed E-state index contributed by atoms with van der Waals surface area (Å²) in [4.78, 5) is 4.55. The van der Waals surface area contributed by atoms with Gasteiger partial charge < -0.3 is 15.1 Å². The Hall–Kier alpha value is -1.06. The third-order valence-electron chi connectivity index (χ3n) is 4.07. The molecule has 1 fully saturated rings. The molecule has 0 amide bonds. The van der Waals surface area contributed by atoms with Gasteiger partial charge in [0.2, 0.25) is 0 Å². The molecule has 1 aromatic rings. The summed E-state index contributed by atoms with van der Waals surface area (Å²) in [6.45, 7) is 2.33. The Morgan fingerprint density at radius 3 is 2.39 bits per heavy atom. The van der Waals surface area contributed by atoms with Crippen LogP contribution in [0.5, 0.6) is 0 Å². The molecule has 1 atom stereocenters. The molecule has 2 rings (SSSR count). The molecule has 1 aromatic carbocycles. The summed E-state index contributed by atoms with van der Waals surface area (Å²) in [7, 11) is 8.45. The molecule has 3 nitrogen and oxygen atoms in total. The van der Waals surface area contributed by atoms with Gasteiger partial charge in [0.1, 0.15) is 0 Å². The van der Waals surface area contributed by atoms with Gasteiger partial charge in [0.15, 0.2) is 0 Å². The van der Waals surface area contributed by atoms with Gasteiger partial charge >= 0.3 is 0 Å². The van der Waals surface area contributed by atoms with E-state index in [0.29, 0.717) is 0 Å². The van der Waals surface area contributed by atoms with Gasteiger partial charge in [0.25, 0.3) is 0 Å². The van der Waals surface area contributed by atoms with Gasteiger partial charge in [0, 0.05) is 31.9 Å². The molecule has 1 aliphatic rings. The third-order valence-corrected chi connectivity index (χ3v) is 4.07. The highest BCUT2D eigenvalue weighted by Crippen LogP contribution is 2.25. The van der Waals surface area contributed by atoms with E-state index in [0.717, 1.165) is 13.0 Å². The molecule has 1 N–H and O–H groups in total. The van der Waals surface area contributed by atoms with Gasteiger partial charge in [-0.1, -0.05) is 12.1 Å². The SMILES string of the molecule is CNC1(Cc2ccc(N(C)C)cc2)CCN(C)C1. The second-order valence-electron chi connectivity index (χ2n) is 5.76. The van der Waals surface area contributed by atoms with Crippen LogP contribution < -0.4 is 10.2 Å². The lowest BCUT2D eigenvalue weighted by molar-refractivity contribution is 0.326. The first-order valence-corrected chi connectivity index (χ1v) is 6.68. The quantitative estimate of drug-likeness (QED) is 0.871. The van der Waals surface area contributed by atoms with Crippen molar-refractivity contribution >= 4 is 5.69 Å². The minimum Gasteiger partial charge on any atom is -0.378 e. The molecule has 0 bridgehead atoms. The van der Waals surface area contributed by atoms with Crippen molar-refractivity contribution in [2.45, 2.75) is 18.4 Å². The number of nitrogens with one attached hydrogen (secondary N) is 1. The van der Waals surface area contributed by atoms with Crippen LogP contribution in [0, 0.1) is 0 Å². The highest BCUT2D eigenvalue weighted by atomic mass is 15.2. The summed E-state index contributed by atoms with van der Waals surface area (Å²) < 4.78 is 0. The molecule has 1 aliphatic heterocycles. The third kappa shape index (κ3) is 2.85. The van der Waals surface area contributed by atoms with Gasteiger partial charge in [0.05, 0.1) is 0 Å². The lowest BCUT2D eigenvalue weighted by Crippen LogP contribution is -2.47. The van der Waals surface area contributed by atoms with E-state index in [2.05, 4.69) is 67.6 Å². The molecule has 0 aromatic heterocycles. The van der Waals surface area contributed by atoms with Crippen molar-refractivity contribution in [2.75, 3.05) is 46.2 Å². The zero-order valence-electron chi connectivity index (χ0n) is 12.0. The number of nitrogens with zero attached hydrogens (tertiary/aromatic N) is 2. The van der Waals surface area contributed by atoms with Crippen molar-refractivity contribution in [1.29, 1.82) is 0 Å². The van der Waals surface area contributed by atoms with Crippen LogP contribution in [0.15, 0.2) is 24.3 Å². The maximum absolute atomic E-state index is 3.54. The lowest BCUT2D eigenvalue weighted by atomic mass is 9.90. The van der Waals surface area contributed by atoms with Crippen LogP contribution >= 0.6 is 0 Å². The monoisotopic (exact) mass is 247 g/mol. The normalized spacial score (nSPS) is 24.4. The van der Waals surface area contributed by atoms with E-state index in [-0.39, 0.29) is 5.54 Å². The lowest BCUT2D eigenvalue weighted by Gasteiger charge is -2.29. The molecule has 3 heteroatoms. The van der Waals surface area contributed by atoms with Crippen LogP contribution in [0.3, 0.4) is 0 Å². The zero-order chi connectivity index (χ0) is 13.2. The first-order chi connectivity index (χ1) is 8.54. The largest absolute Gasteiger partial charge is 0.378 e. The number of rotatable bonds is 4. The Balaban J connectivity index is 2.08. The molecule has 1 unspecified atom stereocenters. The van der Waals surface area contributed by atoms with Crippen LogP contribution in [0.1, 0.15) is 12.0 Å². The van der Waals surface area contributed by atoms with Crippen LogP contribution in [-0.2, 0) is 6.42 Å². The topological polar surface area (TPSA) is 18.5 Å². The highest BCUT2D eigenvalue weighted by Gasteiger charge is 2.34. The minimum atomic E-state index is 0.258. The molecule has 100 valence electrons. The Labute approximate surface area is 111 Å². The fourth-order valence-electron chi connectivity index (χ4n) is 2.82. The van der Waals surface area contributed by atoms with Gasteiger partial charge in [-0.15, -0.1) is 0 Å². The molecule has 1 heterocycles. The Bertz CT molecular complexity index is 385. The van der Waals surface area contributed by atoms with Crippen molar-refractivity contribution in [1.82, 2.24) is 10.2 Å². The summed E-state index contributed by atoms with van der Waals surface area (Å²) in [5, 5.41) is 3.54. The van der Waals surface area contributed by atoms with E-state index >= 15 is 0 Å². The summed E-state index contributed by atoms with van der Waals surface area (Å²) in [6.07, 6.45) is 2.34. The van der Waals surface area contributed by atoms with E-state index in [4.69, 9.17) is 0 Å². The molecule has 0 spiro atoms. The number of likely N-dealkylation sites (tertiary alicyclic amines) is 1. The van der Waals surface area contributed by atoms with Crippen LogP contribution in [0.25, 0.3) is 0 Å².